The second-order valence-corrected chi connectivity index (χ2v) is 5.03. The summed E-state index contributed by atoms with van der Waals surface area (Å²) in [6, 6.07) is 0. The Balaban J connectivity index is 2.24. The molecule has 1 aliphatic carbocycles. The fourth-order valence-corrected chi connectivity index (χ4v) is 2.77. The third-order valence-corrected chi connectivity index (χ3v) is 3.93. The van der Waals surface area contributed by atoms with Gasteiger partial charge < -0.3 is 14.8 Å². The first kappa shape index (κ1) is 14.9. The topological polar surface area (TPSA) is 30.5 Å². The van der Waals surface area contributed by atoms with Crippen molar-refractivity contribution < 1.29 is 9.47 Å². The van der Waals surface area contributed by atoms with Gasteiger partial charge in [0.15, 0.2) is 6.29 Å². The van der Waals surface area contributed by atoms with Gasteiger partial charge in [-0.3, -0.25) is 0 Å². The molecule has 0 aromatic carbocycles. The van der Waals surface area contributed by atoms with E-state index in [1.54, 1.807) is 0 Å². The van der Waals surface area contributed by atoms with E-state index in [4.69, 9.17) is 9.47 Å². The summed E-state index contributed by atoms with van der Waals surface area (Å²) in [4.78, 5) is 0. The van der Waals surface area contributed by atoms with Crippen LogP contribution in [0.15, 0.2) is 0 Å². The van der Waals surface area contributed by atoms with Gasteiger partial charge in [0, 0.05) is 26.3 Å². The lowest BCUT2D eigenvalue weighted by Gasteiger charge is -2.29. The van der Waals surface area contributed by atoms with Crippen molar-refractivity contribution in [3.8, 4) is 0 Å². The van der Waals surface area contributed by atoms with Crippen molar-refractivity contribution in [2.45, 2.75) is 59.2 Å². The summed E-state index contributed by atoms with van der Waals surface area (Å²) in [6.45, 7) is 9.68. The van der Waals surface area contributed by atoms with Crippen LogP contribution in [-0.4, -0.2) is 32.6 Å². The van der Waals surface area contributed by atoms with Gasteiger partial charge in [-0.15, -0.1) is 0 Å². The summed E-state index contributed by atoms with van der Waals surface area (Å²) < 4.78 is 11.1. The standard InChI is InChI=1S/C14H29NO2/c1-4-14(9-7-8-10-14)12-15-11-13(16-5-2)17-6-3/h13,15H,4-12H2,1-3H3. The minimum Gasteiger partial charge on any atom is -0.352 e. The molecule has 3 heteroatoms. The van der Waals surface area contributed by atoms with Crippen molar-refractivity contribution in [3.63, 3.8) is 0 Å². The van der Waals surface area contributed by atoms with Gasteiger partial charge in [-0.05, 0) is 38.5 Å². The summed E-state index contributed by atoms with van der Waals surface area (Å²) in [6.07, 6.45) is 6.76. The molecule has 3 nitrogen and oxygen atoms in total. The highest BCUT2D eigenvalue weighted by Crippen LogP contribution is 2.40. The maximum Gasteiger partial charge on any atom is 0.169 e. The molecule has 0 heterocycles. The number of hydrogen-bond acceptors (Lipinski definition) is 3. The van der Waals surface area contributed by atoms with Crippen molar-refractivity contribution in [1.29, 1.82) is 0 Å². The number of nitrogens with one attached hydrogen (secondary N) is 1. The van der Waals surface area contributed by atoms with Gasteiger partial charge in [0.2, 0.25) is 0 Å². The monoisotopic (exact) mass is 243 g/mol. The van der Waals surface area contributed by atoms with Gasteiger partial charge in [-0.2, -0.15) is 0 Å². The predicted molar refractivity (Wildman–Crippen MR) is 71.1 cm³/mol. The minimum absolute atomic E-state index is 0.0830. The van der Waals surface area contributed by atoms with Crippen LogP contribution in [0.1, 0.15) is 52.9 Å². The van der Waals surface area contributed by atoms with Crippen LogP contribution in [0, 0.1) is 5.41 Å². The fraction of sp³-hybridized carbons (Fsp3) is 1.00. The molecule has 1 fully saturated rings. The molecule has 0 atom stereocenters. The molecule has 102 valence electrons. The van der Waals surface area contributed by atoms with E-state index in [2.05, 4.69) is 12.2 Å². The van der Waals surface area contributed by atoms with Crippen molar-refractivity contribution in [1.82, 2.24) is 5.32 Å². The molecule has 17 heavy (non-hydrogen) atoms. The van der Waals surface area contributed by atoms with Crippen LogP contribution in [0.4, 0.5) is 0 Å². The Hall–Kier alpha value is -0.120. The minimum atomic E-state index is -0.0830. The zero-order valence-electron chi connectivity index (χ0n) is 11.8. The summed E-state index contributed by atoms with van der Waals surface area (Å²) in [5, 5.41) is 3.54. The van der Waals surface area contributed by atoms with Gasteiger partial charge in [-0.25, -0.2) is 0 Å². The van der Waals surface area contributed by atoms with Crippen LogP contribution < -0.4 is 5.32 Å². The molecule has 0 radical (unpaired) electrons. The molecule has 1 N–H and O–H groups in total. The van der Waals surface area contributed by atoms with Crippen LogP contribution in [0.3, 0.4) is 0 Å². The Morgan fingerprint density at radius 3 is 2.12 bits per heavy atom. The van der Waals surface area contributed by atoms with E-state index < -0.39 is 0 Å². The lowest BCUT2D eigenvalue weighted by Crippen LogP contribution is -2.38. The van der Waals surface area contributed by atoms with Crippen LogP contribution >= 0.6 is 0 Å². The molecule has 0 saturated heterocycles. The van der Waals surface area contributed by atoms with Gasteiger partial charge in [-0.1, -0.05) is 19.8 Å². The molecule has 1 aliphatic rings. The van der Waals surface area contributed by atoms with Crippen LogP contribution in [-0.2, 0) is 9.47 Å². The zero-order valence-corrected chi connectivity index (χ0v) is 11.8. The number of hydrogen-bond donors (Lipinski definition) is 1. The second-order valence-electron chi connectivity index (χ2n) is 5.03. The van der Waals surface area contributed by atoms with E-state index in [0.29, 0.717) is 18.6 Å². The average molecular weight is 243 g/mol. The lowest BCUT2D eigenvalue weighted by molar-refractivity contribution is -0.133. The molecule has 0 aromatic rings. The Morgan fingerprint density at radius 2 is 1.65 bits per heavy atom. The van der Waals surface area contributed by atoms with Crippen molar-refractivity contribution in [3.05, 3.63) is 0 Å². The summed E-state index contributed by atoms with van der Waals surface area (Å²) in [7, 11) is 0. The molecular weight excluding hydrogens is 214 g/mol. The Morgan fingerprint density at radius 1 is 1.06 bits per heavy atom. The largest absolute Gasteiger partial charge is 0.352 e. The van der Waals surface area contributed by atoms with E-state index in [0.717, 1.165) is 13.1 Å². The number of rotatable bonds is 9. The van der Waals surface area contributed by atoms with Crippen LogP contribution in [0.2, 0.25) is 0 Å². The Labute approximate surface area is 106 Å². The molecule has 0 spiro atoms. The van der Waals surface area contributed by atoms with E-state index in [-0.39, 0.29) is 6.29 Å². The summed E-state index contributed by atoms with van der Waals surface area (Å²) in [5.74, 6) is 0. The van der Waals surface area contributed by atoms with Crippen LogP contribution in [0.5, 0.6) is 0 Å². The van der Waals surface area contributed by atoms with Crippen molar-refractivity contribution in [2.24, 2.45) is 5.41 Å². The first-order valence-corrected chi connectivity index (χ1v) is 7.20. The second kappa shape index (κ2) is 8.06. The highest BCUT2D eigenvalue weighted by Gasteiger charge is 2.31. The summed E-state index contributed by atoms with van der Waals surface area (Å²) in [5.41, 5.74) is 0.545. The van der Waals surface area contributed by atoms with E-state index in [1.165, 1.54) is 32.1 Å². The molecule has 0 unspecified atom stereocenters. The quantitative estimate of drug-likeness (QED) is 0.632. The molecular formula is C14H29NO2. The highest BCUT2D eigenvalue weighted by molar-refractivity contribution is 4.85. The molecule has 0 aromatic heterocycles. The average Bonchev–Trinajstić information content (AvgIpc) is 2.79. The van der Waals surface area contributed by atoms with Gasteiger partial charge in [0.25, 0.3) is 0 Å². The van der Waals surface area contributed by atoms with E-state index >= 15 is 0 Å². The smallest absolute Gasteiger partial charge is 0.169 e. The van der Waals surface area contributed by atoms with Gasteiger partial charge in [0.1, 0.15) is 0 Å². The summed E-state index contributed by atoms with van der Waals surface area (Å²) >= 11 is 0. The Kier molecular flexibility index (Phi) is 7.09. The van der Waals surface area contributed by atoms with E-state index in [9.17, 15) is 0 Å². The number of ether oxygens (including phenoxy) is 2. The van der Waals surface area contributed by atoms with Gasteiger partial charge in [0.05, 0.1) is 0 Å². The molecule has 0 bridgehead atoms. The normalized spacial score (nSPS) is 19.1. The first-order valence-electron chi connectivity index (χ1n) is 7.20. The maximum absolute atomic E-state index is 5.53. The fourth-order valence-electron chi connectivity index (χ4n) is 2.77. The van der Waals surface area contributed by atoms with Crippen LogP contribution in [0.25, 0.3) is 0 Å². The zero-order chi connectivity index (χ0) is 12.6. The molecule has 1 saturated carbocycles. The highest BCUT2D eigenvalue weighted by atomic mass is 16.7. The van der Waals surface area contributed by atoms with Gasteiger partial charge >= 0.3 is 0 Å². The molecule has 0 amide bonds. The first-order chi connectivity index (χ1) is 8.26. The SMILES string of the molecule is CCOC(CNCC1(CC)CCCC1)OCC. The third kappa shape index (κ3) is 4.94. The molecule has 1 rings (SSSR count). The predicted octanol–water partition coefficient (Wildman–Crippen LogP) is 2.95. The lowest BCUT2D eigenvalue weighted by atomic mass is 9.83. The third-order valence-electron chi connectivity index (χ3n) is 3.93. The van der Waals surface area contributed by atoms with E-state index in [1.807, 2.05) is 13.8 Å². The maximum atomic E-state index is 5.53. The molecule has 0 aliphatic heterocycles. The van der Waals surface area contributed by atoms with Crippen molar-refractivity contribution in [2.75, 3.05) is 26.3 Å². The Bertz CT molecular complexity index is 185. The van der Waals surface area contributed by atoms with Crippen molar-refractivity contribution >= 4 is 0 Å².